The summed E-state index contributed by atoms with van der Waals surface area (Å²) in [4.78, 5) is 5.22. The van der Waals surface area contributed by atoms with Gasteiger partial charge in [0, 0.05) is 5.38 Å². The quantitative estimate of drug-likeness (QED) is 0.162. The molecular formula is C39H32N2SSi2. The van der Waals surface area contributed by atoms with Crippen LogP contribution in [0.4, 0.5) is 5.82 Å². The highest BCUT2D eigenvalue weighted by atomic mass is 32.1. The highest BCUT2D eigenvalue weighted by molar-refractivity contribution is 7.29. The fourth-order valence-corrected chi connectivity index (χ4v) is 20.3. The molecule has 0 N–H and O–H groups in total. The van der Waals surface area contributed by atoms with Crippen LogP contribution in [0.25, 0.3) is 0 Å². The van der Waals surface area contributed by atoms with Crippen molar-refractivity contribution in [1.29, 1.82) is 0 Å². The van der Waals surface area contributed by atoms with Crippen LogP contribution < -0.4 is 35.4 Å². The van der Waals surface area contributed by atoms with Gasteiger partial charge in [0.1, 0.15) is 5.82 Å². The van der Waals surface area contributed by atoms with Crippen LogP contribution in [0.1, 0.15) is 0 Å². The van der Waals surface area contributed by atoms with E-state index in [2.05, 4.69) is 192 Å². The van der Waals surface area contributed by atoms with E-state index in [-0.39, 0.29) is 0 Å². The van der Waals surface area contributed by atoms with Crippen LogP contribution in [-0.2, 0) is 0 Å². The molecule has 0 aliphatic rings. The normalized spacial score (nSPS) is 11.6. The van der Waals surface area contributed by atoms with E-state index in [1.807, 2.05) is 5.51 Å². The van der Waals surface area contributed by atoms with Crippen molar-refractivity contribution in [1.82, 2.24) is 4.98 Å². The Morgan fingerprint density at radius 3 is 0.818 bits per heavy atom. The number of thiazole rings is 1. The number of benzene rings is 6. The lowest BCUT2D eigenvalue weighted by Gasteiger charge is -2.54. The standard InChI is InChI=1S/C39H32N2SSi2/c1-7-19-33(20-8-1)43(34-21-9-2-10-22-34,35-23-11-3-12-24-35)41(39-31-42-32-40-39)44(36-25-13-4-14-26-36,37-27-15-5-16-28-37)38-29-17-6-18-30-38/h1-32H. The Labute approximate surface area is 265 Å². The summed E-state index contributed by atoms with van der Waals surface area (Å²) in [6.07, 6.45) is 0. The fourth-order valence-electron chi connectivity index (χ4n) is 6.76. The van der Waals surface area contributed by atoms with Gasteiger partial charge in [-0.1, -0.05) is 182 Å². The predicted molar refractivity (Wildman–Crippen MR) is 193 cm³/mol. The Hall–Kier alpha value is -4.82. The molecule has 2 nitrogen and oxygen atoms in total. The van der Waals surface area contributed by atoms with Crippen LogP contribution in [0.15, 0.2) is 193 Å². The molecule has 6 aromatic carbocycles. The Kier molecular flexibility index (Phi) is 7.90. The van der Waals surface area contributed by atoms with Crippen LogP contribution in [0, 0.1) is 0 Å². The van der Waals surface area contributed by atoms with Gasteiger partial charge in [-0.25, -0.2) is 4.98 Å². The van der Waals surface area contributed by atoms with Crippen molar-refractivity contribution in [2.75, 3.05) is 4.23 Å². The summed E-state index contributed by atoms with van der Waals surface area (Å²) in [6.45, 7) is 0. The van der Waals surface area contributed by atoms with E-state index in [1.165, 1.54) is 31.1 Å². The van der Waals surface area contributed by atoms with E-state index in [4.69, 9.17) is 4.98 Å². The first kappa shape index (κ1) is 28.0. The molecule has 1 heterocycles. The van der Waals surface area contributed by atoms with E-state index in [0.29, 0.717) is 0 Å². The molecule has 0 saturated heterocycles. The van der Waals surface area contributed by atoms with Gasteiger partial charge in [-0.2, -0.15) is 0 Å². The number of hydrogen-bond donors (Lipinski definition) is 0. The summed E-state index contributed by atoms with van der Waals surface area (Å²) in [7, 11) is -6.20. The average molecular weight is 617 g/mol. The number of rotatable bonds is 9. The molecule has 0 saturated carbocycles. The minimum atomic E-state index is -3.10. The summed E-state index contributed by atoms with van der Waals surface area (Å²) in [6, 6.07) is 67.2. The fraction of sp³-hybridized carbons (Fsp3) is 0. The van der Waals surface area contributed by atoms with Crippen molar-refractivity contribution >= 4 is 64.7 Å². The molecule has 7 rings (SSSR count). The zero-order valence-corrected chi connectivity index (χ0v) is 27.1. The lowest BCUT2D eigenvalue weighted by atomic mass is 10.3. The Balaban J connectivity index is 1.76. The zero-order chi connectivity index (χ0) is 29.7. The average Bonchev–Trinajstić information content (AvgIpc) is 3.66. The molecular weight excluding hydrogens is 585 g/mol. The molecule has 0 radical (unpaired) electrons. The number of nitrogens with zero attached hydrogens (tertiary/aromatic N) is 2. The molecule has 5 heteroatoms. The molecule has 0 fully saturated rings. The topological polar surface area (TPSA) is 16.1 Å². The molecule has 0 aliphatic heterocycles. The van der Waals surface area contributed by atoms with E-state index in [0.717, 1.165) is 5.82 Å². The molecule has 0 bridgehead atoms. The van der Waals surface area contributed by atoms with Crippen LogP contribution in [0.2, 0.25) is 0 Å². The first-order valence-corrected chi connectivity index (χ1v) is 19.7. The maximum atomic E-state index is 5.22. The third-order valence-electron chi connectivity index (χ3n) is 8.47. The second-order valence-electron chi connectivity index (χ2n) is 10.8. The van der Waals surface area contributed by atoms with Crippen molar-refractivity contribution in [3.8, 4) is 0 Å². The number of aromatic nitrogens is 1. The highest BCUT2D eigenvalue weighted by Gasteiger charge is 2.58. The van der Waals surface area contributed by atoms with Crippen LogP contribution in [0.5, 0.6) is 0 Å². The maximum Gasteiger partial charge on any atom is 0.246 e. The molecule has 0 aliphatic carbocycles. The van der Waals surface area contributed by atoms with Crippen molar-refractivity contribution in [2.45, 2.75) is 0 Å². The van der Waals surface area contributed by atoms with Crippen LogP contribution in [0.3, 0.4) is 0 Å². The Bertz CT molecular complexity index is 1570. The molecule has 0 unspecified atom stereocenters. The predicted octanol–water partition coefficient (Wildman–Crippen LogP) is 5.28. The lowest BCUT2D eigenvalue weighted by molar-refractivity contribution is 1.31. The SMILES string of the molecule is c1ccc([Si](c2ccccc2)(c2ccccc2)N(c2cscn2)[Si](c2ccccc2)(c2ccccc2)c2ccccc2)cc1. The summed E-state index contributed by atoms with van der Waals surface area (Å²) < 4.78 is 2.86. The van der Waals surface area contributed by atoms with Gasteiger partial charge in [0.15, 0.2) is 0 Å². The minimum Gasteiger partial charge on any atom is -0.387 e. The van der Waals surface area contributed by atoms with Gasteiger partial charge in [-0.3, -0.25) is 0 Å². The molecule has 1 aromatic heterocycles. The van der Waals surface area contributed by atoms with Crippen LogP contribution >= 0.6 is 11.3 Å². The second-order valence-corrected chi connectivity index (χ2v) is 19.2. The first-order chi connectivity index (χ1) is 21.9. The van der Waals surface area contributed by atoms with E-state index >= 15 is 0 Å². The molecule has 0 spiro atoms. The van der Waals surface area contributed by atoms with E-state index in [1.54, 1.807) is 11.3 Å². The summed E-state index contributed by atoms with van der Waals surface area (Å²) in [5.74, 6) is 1.02. The smallest absolute Gasteiger partial charge is 0.246 e. The van der Waals surface area contributed by atoms with Crippen molar-refractivity contribution in [2.24, 2.45) is 0 Å². The van der Waals surface area contributed by atoms with Crippen molar-refractivity contribution in [3.05, 3.63) is 193 Å². The molecule has 0 amide bonds. The van der Waals surface area contributed by atoms with Gasteiger partial charge in [0.2, 0.25) is 16.5 Å². The summed E-state index contributed by atoms with van der Waals surface area (Å²) in [5.41, 5.74) is 1.99. The molecule has 44 heavy (non-hydrogen) atoms. The minimum absolute atomic E-state index is 1.02. The monoisotopic (exact) mass is 616 g/mol. The number of anilines is 1. The highest BCUT2D eigenvalue weighted by Crippen LogP contribution is 2.29. The Morgan fingerprint density at radius 2 is 0.614 bits per heavy atom. The molecule has 7 aromatic rings. The second kappa shape index (κ2) is 12.4. The van der Waals surface area contributed by atoms with E-state index in [9.17, 15) is 0 Å². The summed E-state index contributed by atoms with van der Waals surface area (Å²) >= 11 is 1.66. The summed E-state index contributed by atoms with van der Waals surface area (Å²) in [5, 5.41) is 10.2. The van der Waals surface area contributed by atoms with Gasteiger partial charge in [0.05, 0.1) is 5.51 Å². The molecule has 212 valence electrons. The largest absolute Gasteiger partial charge is 0.387 e. The van der Waals surface area contributed by atoms with Gasteiger partial charge >= 0.3 is 0 Å². The maximum absolute atomic E-state index is 5.22. The van der Waals surface area contributed by atoms with Gasteiger partial charge < -0.3 is 4.23 Å². The number of hydrogen-bond acceptors (Lipinski definition) is 3. The Morgan fingerprint density at radius 1 is 0.364 bits per heavy atom. The first-order valence-electron chi connectivity index (χ1n) is 14.9. The van der Waals surface area contributed by atoms with Gasteiger partial charge in [-0.15, -0.1) is 11.3 Å². The lowest BCUT2D eigenvalue weighted by Crippen LogP contribution is -2.91. The van der Waals surface area contributed by atoms with E-state index < -0.39 is 16.5 Å². The third kappa shape index (κ3) is 4.66. The molecule has 0 atom stereocenters. The van der Waals surface area contributed by atoms with Crippen molar-refractivity contribution < 1.29 is 0 Å². The van der Waals surface area contributed by atoms with Gasteiger partial charge in [0.25, 0.3) is 0 Å². The van der Waals surface area contributed by atoms with Crippen molar-refractivity contribution in [3.63, 3.8) is 0 Å². The van der Waals surface area contributed by atoms with Crippen LogP contribution in [-0.4, -0.2) is 21.5 Å². The zero-order valence-electron chi connectivity index (χ0n) is 24.3. The van der Waals surface area contributed by atoms with Gasteiger partial charge in [-0.05, 0) is 31.1 Å². The third-order valence-corrected chi connectivity index (χ3v) is 19.9.